The molecule has 0 heterocycles. The fourth-order valence-corrected chi connectivity index (χ4v) is 5.88. The molecule has 0 spiro atoms. The van der Waals surface area contributed by atoms with E-state index >= 15 is 0 Å². The van der Waals surface area contributed by atoms with Gasteiger partial charge in [0.05, 0.1) is 5.41 Å². The second-order valence-electron chi connectivity index (χ2n) is 10.8. The van der Waals surface area contributed by atoms with Gasteiger partial charge in [0.15, 0.2) is 0 Å². The molecule has 1 aromatic carbocycles. The van der Waals surface area contributed by atoms with Crippen molar-refractivity contribution in [3.63, 3.8) is 0 Å². The van der Waals surface area contributed by atoms with Crippen LogP contribution in [0.25, 0.3) is 0 Å². The molecule has 3 heteroatoms. The first-order valence-corrected chi connectivity index (χ1v) is 16.1. The van der Waals surface area contributed by atoms with Gasteiger partial charge in [-0.1, -0.05) is 147 Å². The molecule has 1 aromatic rings. The van der Waals surface area contributed by atoms with Crippen molar-refractivity contribution in [3.05, 3.63) is 35.9 Å². The molecule has 0 bridgehead atoms. The Bertz CT molecular complexity index is 600. The van der Waals surface area contributed by atoms with Gasteiger partial charge in [0, 0.05) is 19.8 Å². The SMILES string of the molecule is CCCCCCCCCCCCC(CCCCCCCC)(c1ccccc1)C(OCC)(OCC)OCC. The number of benzene rings is 1. The van der Waals surface area contributed by atoms with E-state index in [2.05, 4.69) is 65.0 Å². The first kappa shape index (κ1) is 34.1. The summed E-state index contributed by atoms with van der Waals surface area (Å²) in [7, 11) is 0. The van der Waals surface area contributed by atoms with Gasteiger partial charge in [-0.15, -0.1) is 0 Å². The quantitative estimate of drug-likeness (QED) is 0.0901. The van der Waals surface area contributed by atoms with Gasteiger partial charge in [-0.3, -0.25) is 0 Å². The van der Waals surface area contributed by atoms with Crippen molar-refractivity contribution in [1.82, 2.24) is 0 Å². The summed E-state index contributed by atoms with van der Waals surface area (Å²) in [6.45, 7) is 12.5. The molecule has 3 nitrogen and oxygen atoms in total. The van der Waals surface area contributed by atoms with Gasteiger partial charge in [0.2, 0.25) is 0 Å². The van der Waals surface area contributed by atoms with Gasteiger partial charge >= 0.3 is 0 Å². The fraction of sp³-hybridized carbons (Fsp3) is 0.824. The molecular weight excluding hydrogens is 456 g/mol. The molecule has 1 unspecified atom stereocenters. The van der Waals surface area contributed by atoms with Gasteiger partial charge in [-0.25, -0.2) is 0 Å². The van der Waals surface area contributed by atoms with Gasteiger partial charge in [0.25, 0.3) is 5.97 Å². The summed E-state index contributed by atoms with van der Waals surface area (Å²) in [5.41, 5.74) is 0.983. The summed E-state index contributed by atoms with van der Waals surface area (Å²) in [6.07, 6.45) is 23.2. The Morgan fingerprint density at radius 1 is 0.459 bits per heavy atom. The Labute approximate surface area is 231 Å². The number of ether oxygens (including phenoxy) is 3. The summed E-state index contributed by atoms with van der Waals surface area (Å²) in [6, 6.07) is 11.0. The third kappa shape index (κ3) is 12.2. The van der Waals surface area contributed by atoms with Crippen LogP contribution in [-0.4, -0.2) is 25.8 Å². The molecule has 0 amide bonds. The highest BCUT2D eigenvalue weighted by Crippen LogP contribution is 2.48. The van der Waals surface area contributed by atoms with Crippen LogP contribution < -0.4 is 0 Å². The molecule has 0 N–H and O–H groups in total. The first-order valence-electron chi connectivity index (χ1n) is 16.1. The maximum Gasteiger partial charge on any atom is 0.293 e. The predicted molar refractivity (Wildman–Crippen MR) is 160 cm³/mol. The van der Waals surface area contributed by atoms with Crippen molar-refractivity contribution < 1.29 is 14.2 Å². The molecule has 0 aliphatic rings. The van der Waals surface area contributed by atoms with Crippen LogP contribution in [0.15, 0.2) is 30.3 Å². The molecule has 0 aromatic heterocycles. The normalized spacial score (nSPS) is 13.6. The molecule has 37 heavy (non-hydrogen) atoms. The lowest BCUT2D eigenvalue weighted by atomic mass is 9.70. The van der Waals surface area contributed by atoms with E-state index in [0.29, 0.717) is 19.8 Å². The van der Waals surface area contributed by atoms with Crippen LogP contribution in [0.3, 0.4) is 0 Å². The summed E-state index contributed by atoms with van der Waals surface area (Å²) >= 11 is 0. The largest absolute Gasteiger partial charge is 0.327 e. The van der Waals surface area contributed by atoms with E-state index in [4.69, 9.17) is 14.2 Å². The van der Waals surface area contributed by atoms with Crippen LogP contribution in [0.1, 0.15) is 156 Å². The lowest BCUT2D eigenvalue weighted by Crippen LogP contribution is -2.57. The van der Waals surface area contributed by atoms with E-state index in [1.807, 2.05) is 0 Å². The fourth-order valence-electron chi connectivity index (χ4n) is 5.88. The third-order valence-electron chi connectivity index (χ3n) is 7.83. The highest BCUT2D eigenvalue weighted by Gasteiger charge is 2.55. The van der Waals surface area contributed by atoms with E-state index in [0.717, 1.165) is 12.8 Å². The zero-order valence-electron chi connectivity index (χ0n) is 25.5. The molecule has 0 saturated carbocycles. The van der Waals surface area contributed by atoms with E-state index in [1.165, 1.54) is 108 Å². The highest BCUT2D eigenvalue weighted by molar-refractivity contribution is 5.28. The zero-order chi connectivity index (χ0) is 27.1. The average molecular weight is 519 g/mol. The number of hydrogen-bond acceptors (Lipinski definition) is 3. The van der Waals surface area contributed by atoms with Gasteiger partial charge in [-0.2, -0.15) is 0 Å². The molecule has 1 rings (SSSR count). The van der Waals surface area contributed by atoms with Crippen molar-refractivity contribution in [1.29, 1.82) is 0 Å². The van der Waals surface area contributed by atoms with Crippen molar-refractivity contribution in [2.45, 2.75) is 162 Å². The minimum atomic E-state index is -1.05. The molecule has 0 aliphatic heterocycles. The third-order valence-corrected chi connectivity index (χ3v) is 7.83. The molecular formula is C34H62O3. The van der Waals surface area contributed by atoms with Gasteiger partial charge < -0.3 is 14.2 Å². The smallest absolute Gasteiger partial charge is 0.293 e. The van der Waals surface area contributed by atoms with Crippen molar-refractivity contribution >= 4 is 0 Å². The highest BCUT2D eigenvalue weighted by atomic mass is 16.9. The number of hydrogen-bond donors (Lipinski definition) is 0. The summed E-state index contributed by atoms with van der Waals surface area (Å²) in [5.74, 6) is -1.05. The van der Waals surface area contributed by atoms with E-state index < -0.39 is 5.97 Å². The van der Waals surface area contributed by atoms with Crippen LogP contribution in [0.4, 0.5) is 0 Å². The zero-order valence-corrected chi connectivity index (χ0v) is 25.5. The Balaban J connectivity index is 3.04. The van der Waals surface area contributed by atoms with Crippen LogP contribution in [0, 0.1) is 0 Å². The first-order chi connectivity index (χ1) is 18.2. The van der Waals surface area contributed by atoms with Crippen molar-refractivity contribution in [2.75, 3.05) is 19.8 Å². The maximum atomic E-state index is 6.52. The average Bonchev–Trinajstić information content (AvgIpc) is 2.91. The van der Waals surface area contributed by atoms with Crippen LogP contribution in [0.5, 0.6) is 0 Å². The minimum absolute atomic E-state index is 0.318. The molecule has 0 fully saturated rings. The van der Waals surface area contributed by atoms with Crippen LogP contribution >= 0.6 is 0 Å². The molecule has 0 aliphatic carbocycles. The molecule has 0 radical (unpaired) electrons. The standard InChI is InChI=1S/C34H62O3/c1-6-11-13-15-17-18-19-20-22-27-31-33(32-28-24-23-25-29-32,30-26-21-16-14-12-7-2)34(35-8-3,36-9-4)37-10-5/h23-25,28-29H,6-22,26-27,30-31H2,1-5H3. The van der Waals surface area contributed by atoms with Crippen LogP contribution in [-0.2, 0) is 19.6 Å². The predicted octanol–water partition coefficient (Wildman–Crippen LogP) is 10.7. The van der Waals surface area contributed by atoms with Crippen molar-refractivity contribution in [3.8, 4) is 0 Å². The lowest BCUT2D eigenvalue weighted by Gasteiger charge is -2.49. The van der Waals surface area contributed by atoms with E-state index in [9.17, 15) is 0 Å². The minimum Gasteiger partial charge on any atom is -0.327 e. The second kappa shape index (κ2) is 22.0. The summed E-state index contributed by atoms with van der Waals surface area (Å²) in [4.78, 5) is 0. The van der Waals surface area contributed by atoms with E-state index in [1.54, 1.807) is 0 Å². The Morgan fingerprint density at radius 2 is 0.811 bits per heavy atom. The Morgan fingerprint density at radius 3 is 1.16 bits per heavy atom. The topological polar surface area (TPSA) is 27.7 Å². The molecule has 1 atom stereocenters. The van der Waals surface area contributed by atoms with Gasteiger partial charge in [-0.05, 0) is 39.2 Å². The second-order valence-corrected chi connectivity index (χ2v) is 10.8. The monoisotopic (exact) mass is 518 g/mol. The van der Waals surface area contributed by atoms with E-state index in [-0.39, 0.29) is 5.41 Å². The maximum absolute atomic E-state index is 6.52. The molecule has 216 valence electrons. The molecule has 0 saturated heterocycles. The summed E-state index contributed by atoms with van der Waals surface area (Å²) in [5, 5.41) is 0. The Hall–Kier alpha value is -0.900. The number of unbranched alkanes of at least 4 members (excludes halogenated alkanes) is 14. The lowest BCUT2D eigenvalue weighted by molar-refractivity contribution is -0.412. The number of rotatable bonds is 26. The van der Waals surface area contributed by atoms with Crippen LogP contribution in [0.2, 0.25) is 0 Å². The Kier molecular flexibility index (Phi) is 20.3. The van der Waals surface area contributed by atoms with Crippen molar-refractivity contribution in [2.24, 2.45) is 0 Å². The summed E-state index contributed by atoms with van der Waals surface area (Å²) < 4.78 is 19.6. The van der Waals surface area contributed by atoms with Gasteiger partial charge in [0.1, 0.15) is 0 Å².